The van der Waals surface area contributed by atoms with Crippen molar-refractivity contribution in [2.75, 3.05) is 47.5 Å². The Hall–Kier alpha value is -2.84. The second-order valence-corrected chi connectivity index (χ2v) is 15.2. The molecule has 47 heavy (non-hydrogen) atoms. The highest BCUT2D eigenvalue weighted by Crippen LogP contribution is 2.41. The molecule has 1 aliphatic rings. The first-order valence-corrected chi connectivity index (χ1v) is 17.6. The van der Waals surface area contributed by atoms with Crippen molar-refractivity contribution in [1.29, 1.82) is 0 Å². The molecule has 1 N–H and O–H groups in total. The number of likely N-dealkylation sites (N-methyl/N-ethyl adjacent to an activating group) is 1. The summed E-state index contributed by atoms with van der Waals surface area (Å²) in [6, 6.07) is 0. The van der Waals surface area contributed by atoms with Crippen molar-refractivity contribution in [3.63, 3.8) is 0 Å². The molecule has 0 aliphatic heterocycles. The molecule has 0 heterocycles. The van der Waals surface area contributed by atoms with E-state index in [0.29, 0.717) is 16.6 Å². The lowest BCUT2D eigenvalue weighted by atomic mass is 9.72. The van der Waals surface area contributed by atoms with Gasteiger partial charge >= 0.3 is 5.97 Å². The number of nitrogens with zero attached hydrogens (tertiary/aromatic N) is 1. The van der Waals surface area contributed by atoms with E-state index in [1.165, 1.54) is 36.0 Å². The largest absolute Gasteiger partial charge is 0.756 e. The molecular weight excluding hydrogens is 613 g/mol. The number of hydrogen-bond acceptors (Lipinski definition) is 7. The van der Waals surface area contributed by atoms with Crippen LogP contribution in [0.1, 0.15) is 67.7 Å². The molecule has 0 aromatic carbocycles. The third-order valence-electron chi connectivity index (χ3n) is 7.47. The van der Waals surface area contributed by atoms with Crippen LogP contribution in [0.25, 0.3) is 0 Å². The maximum absolute atomic E-state index is 12.2. The molecule has 262 valence electrons. The van der Waals surface area contributed by atoms with Crippen LogP contribution in [-0.2, 0) is 23.1 Å². The molecule has 0 saturated carbocycles. The van der Waals surface area contributed by atoms with Gasteiger partial charge in [0.1, 0.15) is 25.9 Å². The van der Waals surface area contributed by atoms with Gasteiger partial charge in [-0.25, -0.2) is 4.79 Å². The second kappa shape index (κ2) is 20.5. The third kappa shape index (κ3) is 19.5. The van der Waals surface area contributed by atoms with Gasteiger partial charge in [0.2, 0.25) is 0 Å². The monoisotopic (exact) mass is 671 g/mol. The Bertz CT molecular complexity index is 1360. The van der Waals surface area contributed by atoms with Gasteiger partial charge in [0.15, 0.2) is 0 Å². The van der Waals surface area contributed by atoms with Gasteiger partial charge in [0.05, 0.1) is 27.7 Å². The van der Waals surface area contributed by atoms with Gasteiger partial charge in [-0.3, -0.25) is 4.57 Å². The van der Waals surface area contributed by atoms with Crippen molar-refractivity contribution in [1.82, 2.24) is 0 Å². The fraction of sp³-hybridized carbons (Fsp3) is 0.500. The molecule has 0 aromatic heterocycles. The van der Waals surface area contributed by atoms with Crippen LogP contribution in [0.3, 0.4) is 0 Å². The molecular formula is C38H58NO7P. The summed E-state index contributed by atoms with van der Waals surface area (Å²) in [6.45, 7) is 14.1. The number of carbonyl (C=O) groups is 1. The Labute approximate surface area is 284 Å². The maximum Gasteiger partial charge on any atom is 0.333 e. The zero-order valence-electron chi connectivity index (χ0n) is 30.2. The van der Waals surface area contributed by atoms with Crippen molar-refractivity contribution < 1.29 is 37.6 Å². The fourth-order valence-corrected chi connectivity index (χ4v) is 5.28. The van der Waals surface area contributed by atoms with E-state index >= 15 is 0 Å². The fourth-order valence-electron chi connectivity index (χ4n) is 4.55. The van der Waals surface area contributed by atoms with Gasteiger partial charge in [0, 0.05) is 5.57 Å². The van der Waals surface area contributed by atoms with Crippen LogP contribution in [0, 0.1) is 5.41 Å². The summed E-state index contributed by atoms with van der Waals surface area (Å²) in [6.07, 6.45) is 26.3. The molecule has 0 bridgehead atoms. The van der Waals surface area contributed by atoms with Gasteiger partial charge in [0.25, 0.3) is 7.82 Å². The quantitative estimate of drug-likeness (QED) is 0.0525. The van der Waals surface area contributed by atoms with E-state index in [1.807, 2.05) is 58.4 Å². The van der Waals surface area contributed by atoms with E-state index in [0.717, 1.165) is 11.1 Å². The number of quaternary nitrogens is 1. The van der Waals surface area contributed by atoms with E-state index < -0.39 is 33.1 Å². The van der Waals surface area contributed by atoms with E-state index in [4.69, 9.17) is 9.26 Å². The summed E-state index contributed by atoms with van der Waals surface area (Å²) in [7, 11) is 1.14. The number of aliphatic hydroxyl groups is 1. The van der Waals surface area contributed by atoms with Crippen LogP contribution in [0.2, 0.25) is 0 Å². The number of phosphoric ester groups is 1. The predicted octanol–water partition coefficient (Wildman–Crippen LogP) is 7.63. The Morgan fingerprint density at radius 3 is 2.04 bits per heavy atom. The maximum atomic E-state index is 12.2. The van der Waals surface area contributed by atoms with Gasteiger partial charge in [-0.1, -0.05) is 109 Å². The molecule has 0 fully saturated rings. The number of aliphatic hydroxyl groups excluding tert-OH is 1. The zero-order valence-corrected chi connectivity index (χ0v) is 31.1. The van der Waals surface area contributed by atoms with Crippen LogP contribution >= 0.6 is 7.82 Å². The van der Waals surface area contributed by atoms with Crippen LogP contribution in [0.4, 0.5) is 0 Å². The van der Waals surface area contributed by atoms with Crippen molar-refractivity contribution >= 4 is 13.8 Å². The number of phosphoric acid groups is 1. The molecule has 0 saturated heterocycles. The van der Waals surface area contributed by atoms with Crippen LogP contribution in [0.5, 0.6) is 0 Å². The van der Waals surface area contributed by atoms with Gasteiger partial charge in [-0.2, -0.15) is 0 Å². The SMILES string of the molecule is CC1=C(/C=C/C(C)=C/C=C/C(C)=C/C=C/C=C(C)/C=C/C=C(\C)C(=O)OC[C@@H](O)COP(=O)([O-])OCC[N+](C)(C)C)C(C)(C)CCC1. The Kier molecular flexibility index (Phi) is 18.4. The number of ether oxygens (including phenoxy) is 1. The second-order valence-electron chi connectivity index (χ2n) is 13.8. The minimum Gasteiger partial charge on any atom is -0.756 e. The number of allylic oxidation sites excluding steroid dienone is 17. The van der Waals surface area contributed by atoms with Crippen LogP contribution < -0.4 is 4.89 Å². The number of rotatable bonds is 18. The molecule has 9 heteroatoms. The van der Waals surface area contributed by atoms with Crippen molar-refractivity contribution in [2.45, 2.75) is 73.8 Å². The summed E-state index contributed by atoms with van der Waals surface area (Å²) in [4.78, 5) is 24.0. The van der Waals surface area contributed by atoms with Crippen LogP contribution in [0.15, 0.2) is 106 Å². The normalized spacial score (nSPS) is 19.4. The Morgan fingerprint density at radius 2 is 1.47 bits per heavy atom. The average Bonchev–Trinajstić information content (AvgIpc) is 2.95. The summed E-state index contributed by atoms with van der Waals surface area (Å²) in [5, 5.41) is 9.95. The topological polar surface area (TPSA) is 105 Å². The summed E-state index contributed by atoms with van der Waals surface area (Å²) >= 11 is 0. The Balaban J connectivity index is 2.51. The Morgan fingerprint density at radius 1 is 0.915 bits per heavy atom. The smallest absolute Gasteiger partial charge is 0.333 e. The molecule has 1 unspecified atom stereocenters. The minimum absolute atomic E-state index is 0.0415. The number of hydrogen-bond donors (Lipinski definition) is 1. The third-order valence-corrected chi connectivity index (χ3v) is 8.44. The van der Waals surface area contributed by atoms with E-state index in [9.17, 15) is 19.4 Å². The van der Waals surface area contributed by atoms with Crippen molar-refractivity contribution in [3.8, 4) is 0 Å². The number of carbonyl (C=O) groups excluding carboxylic acids is 1. The summed E-state index contributed by atoms with van der Waals surface area (Å²) in [5.74, 6) is -0.630. The number of esters is 1. The van der Waals surface area contributed by atoms with Gasteiger partial charge < -0.3 is 28.3 Å². The van der Waals surface area contributed by atoms with E-state index in [2.05, 4.69) is 69.5 Å². The minimum atomic E-state index is -4.56. The molecule has 0 spiro atoms. The predicted molar refractivity (Wildman–Crippen MR) is 191 cm³/mol. The van der Waals surface area contributed by atoms with Gasteiger partial charge in [-0.15, -0.1) is 0 Å². The molecule has 0 aromatic rings. The standard InChI is InChI=1S/C38H58NO7P/c1-30(18-13-19-32(3)23-24-36-33(4)22-15-25-38(36,6)7)16-11-12-17-31(2)20-14-21-34(5)37(41)44-28-35(40)29-46-47(42,43)45-27-26-39(8,9)10/h11-14,16-21,23-24,35,40H,15,22,25-29H2,1-10H3/b12-11+,18-13+,20-14+,24-23+,30-16+,31-17+,32-19+,34-21+/t35-/m1/s1. The molecule has 2 atom stereocenters. The van der Waals surface area contributed by atoms with Crippen molar-refractivity contribution in [3.05, 3.63) is 106 Å². The van der Waals surface area contributed by atoms with E-state index in [1.54, 1.807) is 19.1 Å². The first-order valence-electron chi connectivity index (χ1n) is 16.2. The van der Waals surface area contributed by atoms with E-state index in [-0.39, 0.29) is 12.0 Å². The highest BCUT2D eigenvalue weighted by atomic mass is 31.2. The highest BCUT2D eigenvalue weighted by molar-refractivity contribution is 7.45. The van der Waals surface area contributed by atoms with Crippen LogP contribution in [-0.4, -0.2) is 69.2 Å². The lowest BCUT2D eigenvalue weighted by molar-refractivity contribution is -0.870. The molecule has 1 aliphatic carbocycles. The lowest BCUT2D eigenvalue weighted by Crippen LogP contribution is -2.37. The van der Waals surface area contributed by atoms with Gasteiger partial charge in [-0.05, 0) is 64.9 Å². The molecule has 0 radical (unpaired) electrons. The highest BCUT2D eigenvalue weighted by Gasteiger charge is 2.26. The molecule has 8 nitrogen and oxygen atoms in total. The van der Waals surface area contributed by atoms with Crippen molar-refractivity contribution in [2.24, 2.45) is 5.41 Å². The average molecular weight is 672 g/mol. The first-order chi connectivity index (χ1) is 21.8. The first kappa shape index (κ1) is 42.2. The molecule has 1 rings (SSSR count). The lowest BCUT2D eigenvalue weighted by Gasteiger charge is -2.32. The zero-order chi connectivity index (χ0) is 35.7. The summed E-state index contributed by atoms with van der Waals surface area (Å²) < 4.78 is 26.9. The molecule has 0 amide bonds. The summed E-state index contributed by atoms with van der Waals surface area (Å²) in [5.41, 5.74) is 6.86.